The molecule has 8 nitrogen and oxygen atoms in total. The van der Waals surface area contributed by atoms with Crippen LogP contribution < -0.4 is 10.6 Å². The van der Waals surface area contributed by atoms with Gasteiger partial charge in [0.25, 0.3) is 5.91 Å². The number of amides is 1. The van der Waals surface area contributed by atoms with Crippen LogP contribution in [-0.4, -0.2) is 30.8 Å². The fraction of sp³-hybridized carbons (Fsp3) is 0.0417. The van der Waals surface area contributed by atoms with Gasteiger partial charge >= 0.3 is 6.18 Å². The van der Waals surface area contributed by atoms with Gasteiger partial charge in [0.2, 0.25) is 0 Å². The first-order valence-corrected chi connectivity index (χ1v) is 11.3. The molecule has 0 fully saturated rings. The van der Waals surface area contributed by atoms with Gasteiger partial charge in [0, 0.05) is 22.5 Å². The number of nitrogens with zero attached hydrogens (tertiary/aromatic N) is 4. The van der Waals surface area contributed by atoms with Crippen molar-refractivity contribution in [1.82, 2.24) is 24.9 Å². The molecule has 0 saturated heterocycles. The number of imidazole rings is 1. The fourth-order valence-corrected chi connectivity index (χ4v) is 4.03. The van der Waals surface area contributed by atoms with Gasteiger partial charge in [0.1, 0.15) is 23.4 Å². The molecule has 3 aromatic heterocycles. The van der Waals surface area contributed by atoms with E-state index >= 15 is 0 Å². The van der Waals surface area contributed by atoms with E-state index in [2.05, 4.69) is 35.6 Å². The summed E-state index contributed by atoms with van der Waals surface area (Å²) >= 11 is 11.9. The predicted molar refractivity (Wildman–Crippen MR) is 134 cm³/mol. The van der Waals surface area contributed by atoms with Crippen LogP contribution >= 0.6 is 23.2 Å². The van der Waals surface area contributed by atoms with Gasteiger partial charge in [-0.2, -0.15) is 13.2 Å². The van der Waals surface area contributed by atoms with E-state index < -0.39 is 22.7 Å². The van der Waals surface area contributed by atoms with E-state index in [1.54, 1.807) is 18.3 Å². The van der Waals surface area contributed by atoms with Crippen LogP contribution in [0.2, 0.25) is 10.0 Å². The normalized spacial score (nSPS) is 11.5. The highest BCUT2D eigenvalue weighted by atomic mass is 35.5. The zero-order valence-corrected chi connectivity index (χ0v) is 19.9. The molecule has 2 aromatic carbocycles. The first-order chi connectivity index (χ1) is 17.7. The summed E-state index contributed by atoms with van der Waals surface area (Å²) in [6.07, 6.45) is -0.267. The molecule has 0 spiro atoms. The van der Waals surface area contributed by atoms with Crippen molar-refractivity contribution in [3.8, 4) is 11.3 Å². The molecule has 0 radical (unpaired) electrons. The van der Waals surface area contributed by atoms with E-state index in [1.807, 2.05) is 0 Å². The number of hydrogen-bond acceptors (Lipinski definition) is 6. The van der Waals surface area contributed by atoms with E-state index in [9.17, 15) is 18.0 Å². The van der Waals surface area contributed by atoms with Gasteiger partial charge in [0.05, 0.1) is 28.2 Å². The Morgan fingerprint density at radius 2 is 1.81 bits per heavy atom. The highest BCUT2D eigenvalue weighted by Gasteiger charge is 2.33. The zero-order chi connectivity index (χ0) is 26.2. The lowest BCUT2D eigenvalue weighted by atomic mass is 10.1. The van der Waals surface area contributed by atoms with E-state index in [-0.39, 0.29) is 16.9 Å². The number of fused-ring (bicyclic) bond motifs is 1. The van der Waals surface area contributed by atoms with Crippen molar-refractivity contribution in [2.24, 2.45) is 0 Å². The molecule has 0 saturated carbocycles. The molecule has 0 aliphatic carbocycles. The van der Waals surface area contributed by atoms with Gasteiger partial charge in [-0.1, -0.05) is 23.2 Å². The topological polar surface area (TPSA) is 108 Å². The number of carbonyl (C=O) groups excluding carboxylic acids is 1. The molecule has 37 heavy (non-hydrogen) atoms. The first kappa shape index (κ1) is 24.5. The summed E-state index contributed by atoms with van der Waals surface area (Å²) in [6, 6.07) is 11.0. The van der Waals surface area contributed by atoms with Crippen LogP contribution in [0, 0.1) is 0 Å². The molecule has 13 heteroatoms. The SMILES string of the molecule is O=C(Nc1ccc(Cl)c(C(F)(F)F)c1)c1ccc(Cl)cc1Nc1ncccc1-c1ncnc2nc[nH]c12. The molecule has 1 amide bonds. The van der Waals surface area contributed by atoms with Crippen molar-refractivity contribution >= 4 is 57.5 Å². The monoisotopic (exact) mass is 543 g/mol. The average molecular weight is 544 g/mol. The standard InChI is InChI=1S/C24H14Cl2F3N7O/c25-12-3-5-14(23(37)35-13-4-6-17(26)16(9-13)24(27,28)29)18(8-12)36-21-15(2-1-7-30-21)19-20-22(33-10-31-19)34-11-32-20/h1-11H,(H,30,36)(H,35,37)(H,31,32,33,34). The average Bonchev–Trinajstić information content (AvgIpc) is 3.34. The summed E-state index contributed by atoms with van der Waals surface area (Å²) in [5.74, 6) is -0.329. The quantitative estimate of drug-likeness (QED) is 0.226. The number of pyridine rings is 1. The van der Waals surface area contributed by atoms with Crippen molar-refractivity contribution in [2.75, 3.05) is 10.6 Å². The molecule has 3 heterocycles. The van der Waals surface area contributed by atoms with Crippen molar-refractivity contribution in [3.05, 3.63) is 88.6 Å². The number of rotatable bonds is 5. The highest BCUT2D eigenvalue weighted by molar-refractivity contribution is 6.32. The van der Waals surface area contributed by atoms with E-state index in [4.69, 9.17) is 23.2 Å². The summed E-state index contributed by atoms with van der Waals surface area (Å²) in [4.78, 5) is 33.1. The number of alkyl halides is 3. The Hall–Kier alpha value is -4.22. The Kier molecular flexibility index (Phi) is 6.40. The molecule has 186 valence electrons. The van der Waals surface area contributed by atoms with Crippen LogP contribution in [0.4, 0.5) is 30.4 Å². The number of benzene rings is 2. The van der Waals surface area contributed by atoms with Crippen LogP contribution in [-0.2, 0) is 6.18 Å². The Morgan fingerprint density at radius 3 is 2.62 bits per heavy atom. The molecule has 5 aromatic rings. The highest BCUT2D eigenvalue weighted by Crippen LogP contribution is 2.37. The molecule has 5 rings (SSSR count). The minimum absolute atomic E-state index is 0.0798. The second kappa shape index (κ2) is 9.68. The maximum absolute atomic E-state index is 13.3. The van der Waals surface area contributed by atoms with Gasteiger partial charge in [0.15, 0.2) is 5.65 Å². The lowest BCUT2D eigenvalue weighted by Gasteiger charge is -2.16. The molecule has 0 aliphatic rings. The molecular weight excluding hydrogens is 530 g/mol. The van der Waals surface area contributed by atoms with Crippen molar-refractivity contribution in [2.45, 2.75) is 6.18 Å². The largest absolute Gasteiger partial charge is 0.417 e. The lowest BCUT2D eigenvalue weighted by Crippen LogP contribution is -2.15. The van der Waals surface area contributed by atoms with Crippen LogP contribution in [0.15, 0.2) is 67.4 Å². The molecular formula is C24H14Cl2F3N7O. The Balaban J connectivity index is 1.50. The van der Waals surface area contributed by atoms with E-state index in [0.717, 1.165) is 12.1 Å². The molecule has 0 aliphatic heterocycles. The Morgan fingerprint density at radius 1 is 0.973 bits per heavy atom. The number of H-pyrrole nitrogens is 1. The second-order valence-electron chi connectivity index (χ2n) is 7.68. The van der Waals surface area contributed by atoms with Gasteiger partial charge in [-0.15, -0.1) is 0 Å². The van der Waals surface area contributed by atoms with Crippen LogP contribution in [0.1, 0.15) is 15.9 Å². The predicted octanol–water partition coefficient (Wildman–Crippen LogP) is 6.74. The second-order valence-corrected chi connectivity index (χ2v) is 8.53. The smallest absolute Gasteiger partial charge is 0.341 e. The fourth-order valence-electron chi connectivity index (χ4n) is 3.63. The number of aromatic nitrogens is 5. The number of carbonyl (C=O) groups is 1. The van der Waals surface area contributed by atoms with E-state index in [0.29, 0.717) is 33.3 Å². The van der Waals surface area contributed by atoms with Crippen LogP contribution in [0.3, 0.4) is 0 Å². The van der Waals surface area contributed by atoms with Crippen molar-refractivity contribution in [3.63, 3.8) is 0 Å². The number of hydrogen-bond donors (Lipinski definition) is 3. The van der Waals surface area contributed by atoms with E-state index in [1.165, 1.54) is 36.9 Å². The number of anilines is 3. The summed E-state index contributed by atoms with van der Waals surface area (Å²) < 4.78 is 39.8. The van der Waals surface area contributed by atoms with Crippen LogP contribution in [0.5, 0.6) is 0 Å². The maximum Gasteiger partial charge on any atom is 0.417 e. The summed E-state index contributed by atoms with van der Waals surface area (Å²) in [5, 5.41) is 5.42. The zero-order valence-electron chi connectivity index (χ0n) is 18.4. The third kappa shape index (κ3) is 5.04. The van der Waals surface area contributed by atoms with Gasteiger partial charge < -0.3 is 15.6 Å². The maximum atomic E-state index is 13.3. The minimum atomic E-state index is -4.68. The lowest BCUT2D eigenvalue weighted by molar-refractivity contribution is -0.137. The van der Waals surface area contributed by atoms with Gasteiger partial charge in [-0.25, -0.2) is 19.9 Å². The molecule has 0 bridgehead atoms. The number of nitrogens with one attached hydrogen (secondary N) is 3. The van der Waals surface area contributed by atoms with Gasteiger partial charge in [-0.3, -0.25) is 4.79 Å². The Labute approximate surface area is 216 Å². The van der Waals surface area contributed by atoms with Gasteiger partial charge in [-0.05, 0) is 48.5 Å². The van der Waals surface area contributed by atoms with Crippen molar-refractivity contribution < 1.29 is 18.0 Å². The molecule has 3 N–H and O–H groups in total. The third-order valence-corrected chi connectivity index (χ3v) is 5.86. The summed E-state index contributed by atoms with van der Waals surface area (Å²) in [6.45, 7) is 0. The number of halogens is 5. The summed E-state index contributed by atoms with van der Waals surface area (Å²) in [7, 11) is 0. The molecule has 0 unspecified atom stereocenters. The minimum Gasteiger partial charge on any atom is -0.341 e. The number of aromatic amines is 1. The molecule has 0 atom stereocenters. The Bertz CT molecular complexity index is 1640. The van der Waals surface area contributed by atoms with Crippen molar-refractivity contribution in [1.29, 1.82) is 0 Å². The third-order valence-electron chi connectivity index (χ3n) is 5.29. The first-order valence-electron chi connectivity index (χ1n) is 10.5. The summed E-state index contributed by atoms with van der Waals surface area (Å²) in [5.41, 5.74) is 1.39. The van der Waals surface area contributed by atoms with Crippen LogP contribution in [0.25, 0.3) is 22.4 Å².